The molecule has 1 aliphatic rings. The van der Waals surface area contributed by atoms with Gasteiger partial charge in [-0.05, 0) is 45.8 Å². The molecule has 1 unspecified atom stereocenters. The maximum atomic E-state index is 10.1. The Morgan fingerprint density at radius 3 is 2.80 bits per heavy atom. The molecule has 1 saturated heterocycles. The van der Waals surface area contributed by atoms with Crippen molar-refractivity contribution < 1.29 is 9.84 Å². The maximum absolute atomic E-state index is 10.1. The molecule has 0 aromatic heterocycles. The minimum absolute atomic E-state index is 0.260. The lowest BCUT2D eigenvalue weighted by Crippen LogP contribution is -2.38. The molecule has 0 aliphatic carbocycles. The van der Waals surface area contributed by atoms with E-state index in [2.05, 4.69) is 17.1 Å². The summed E-state index contributed by atoms with van der Waals surface area (Å²) < 4.78 is 5.40. The summed E-state index contributed by atoms with van der Waals surface area (Å²) in [6.07, 6.45) is 2.64. The lowest BCUT2D eigenvalue weighted by Gasteiger charge is -2.24. The summed E-state index contributed by atoms with van der Waals surface area (Å²) in [4.78, 5) is 2.52. The van der Waals surface area contributed by atoms with Gasteiger partial charge >= 0.3 is 0 Å². The highest BCUT2D eigenvalue weighted by Crippen LogP contribution is 2.29. The SMILES string of the molecule is CCOc1cccc(CNCC(C)N2CCCC2)c1O. The van der Waals surface area contributed by atoms with E-state index >= 15 is 0 Å². The van der Waals surface area contributed by atoms with Crippen LogP contribution < -0.4 is 10.1 Å². The molecule has 0 saturated carbocycles. The Bertz CT molecular complexity index is 417. The Morgan fingerprint density at radius 1 is 1.35 bits per heavy atom. The van der Waals surface area contributed by atoms with Crippen LogP contribution in [0.4, 0.5) is 0 Å². The molecule has 1 heterocycles. The van der Waals surface area contributed by atoms with Gasteiger partial charge in [-0.25, -0.2) is 0 Å². The summed E-state index contributed by atoms with van der Waals surface area (Å²) in [6.45, 7) is 8.79. The minimum Gasteiger partial charge on any atom is -0.504 e. The van der Waals surface area contributed by atoms with Crippen molar-refractivity contribution >= 4 is 0 Å². The number of hydrogen-bond donors (Lipinski definition) is 2. The number of para-hydroxylation sites is 1. The van der Waals surface area contributed by atoms with Gasteiger partial charge < -0.3 is 15.2 Å². The second-order valence-corrected chi connectivity index (χ2v) is 5.42. The quantitative estimate of drug-likeness (QED) is 0.804. The Hall–Kier alpha value is -1.26. The topological polar surface area (TPSA) is 44.7 Å². The second kappa shape index (κ2) is 7.50. The summed E-state index contributed by atoms with van der Waals surface area (Å²) in [5.41, 5.74) is 0.893. The van der Waals surface area contributed by atoms with Crippen LogP contribution in [0.2, 0.25) is 0 Å². The van der Waals surface area contributed by atoms with Crippen LogP contribution in [0.3, 0.4) is 0 Å². The molecule has 2 rings (SSSR count). The number of likely N-dealkylation sites (tertiary alicyclic amines) is 1. The van der Waals surface area contributed by atoms with Crippen molar-refractivity contribution in [2.45, 2.75) is 39.3 Å². The van der Waals surface area contributed by atoms with Crippen molar-refractivity contribution in [3.8, 4) is 11.5 Å². The first-order valence-corrected chi connectivity index (χ1v) is 7.60. The molecule has 1 aromatic carbocycles. The summed E-state index contributed by atoms with van der Waals surface area (Å²) in [5.74, 6) is 0.829. The molecule has 0 spiro atoms. The maximum Gasteiger partial charge on any atom is 0.162 e. The predicted octanol–water partition coefficient (Wildman–Crippen LogP) is 2.36. The van der Waals surface area contributed by atoms with E-state index in [0.29, 0.717) is 24.9 Å². The van der Waals surface area contributed by atoms with E-state index in [0.717, 1.165) is 12.1 Å². The van der Waals surface area contributed by atoms with Gasteiger partial charge in [-0.1, -0.05) is 12.1 Å². The Morgan fingerprint density at radius 2 is 2.10 bits per heavy atom. The standard InChI is InChI=1S/C16H26N2O2/c1-3-20-15-8-6-7-14(16(15)19)12-17-11-13(2)18-9-4-5-10-18/h6-8,13,17,19H,3-5,9-12H2,1-2H3. The zero-order valence-corrected chi connectivity index (χ0v) is 12.6. The Labute approximate surface area is 121 Å². The average molecular weight is 278 g/mol. The molecule has 4 nitrogen and oxygen atoms in total. The molecule has 1 fully saturated rings. The third-order valence-corrected chi connectivity index (χ3v) is 3.90. The van der Waals surface area contributed by atoms with Gasteiger partial charge in [0.2, 0.25) is 0 Å². The van der Waals surface area contributed by atoms with Crippen LogP contribution in [0.25, 0.3) is 0 Å². The van der Waals surface area contributed by atoms with Gasteiger partial charge in [0.15, 0.2) is 11.5 Å². The lowest BCUT2D eigenvalue weighted by molar-refractivity contribution is 0.251. The van der Waals surface area contributed by atoms with Crippen LogP contribution in [-0.4, -0.2) is 42.3 Å². The summed E-state index contributed by atoms with van der Waals surface area (Å²) in [7, 11) is 0. The van der Waals surface area contributed by atoms with Crippen LogP contribution >= 0.6 is 0 Å². The zero-order chi connectivity index (χ0) is 14.4. The minimum atomic E-state index is 0.260. The lowest BCUT2D eigenvalue weighted by atomic mass is 10.2. The fraction of sp³-hybridized carbons (Fsp3) is 0.625. The molecule has 0 bridgehead atoms. The molecule has 1 aliphatic heterocycles. The first-order chi connectivity index (χ1) is 9.72. The van der Waals surface area contributed by atoms with E-state index in [1.54, 1.807) is 6.07 Å². The molecule has 1 atom stereocenters. The Balaban J connectivity index is 1.82. The number of nitrogens with zero attached hydrogens (tertiary/aromatic N) is 1. The molecular formula is C16H26N2O2. The number of nitrogens with one attached hydrogen (secondary N) is 1. The molecular weight excluding hydrogens is 252 g/mol. The smallest absolute Gasteiger partial charge is 0.162 e. The van der Waals surface area contributed by atoms with Crippen molar-refractivity contribution in [3.63, 3.8) is 0 Å². The van der Waals surface area contributed by atoms with E-state index in [-0.39, 0.29) is 5.75 Å². The van der Waals surface area contributed by atoms with E-state index in [9.17, 15) is 5.11 Å². The van der Waals surface area contributed by atoms with Crippen LogP contribution in [0, 0.1) is 0 Å². The van der Waals surface area contributed by atoms with E-state index in [4.69, 9.17) is 4.74 Å². The third kappa shape index (κ3) is 3.87. The fourth-order valence-corrected chi connectivity index (χ4v) is 2.71. The van der Waals surface area contributed by atoms with Crippen molar-refractivity contribution in [2.24, 2.45) is 0 Å². The highest BCUT2D eigenvalue weighted by Gasteiger charge is 2.17. The second-order valence-electron chi connectivity index (χ2n) is 5.42. The normalized spacial score (nSPS) is 17.3. The fourth-order valence-electron chi connectivity index (χ4n) is 2.71. The summed E-state index contributed by atoms with van der Waals surface area (Å²) in [5, 5.41) is 13.6. The third-order valence-electron chi connectivity index (χ3n) is 3.90. The number of benzene rings is 1. The summed E-state index contributed by atoms with van der Waals surface area (Å²) in [6, 6.07) is 6.21. The first-order valence-electron chi connectivity index (χ1n) is 7.60. The van der Waals surface area contributed by atoms with Gasteiger partial charge in [0.05, 0.1) is 6.61 Å². The molecule has 0 radical (unpaired) electrons. The van der Waals surface area contributed by atoms with Crippen LogP contribution in [-0.2, 0) is 6.54 Å². The highest BCUT2D eigenvalue weighted by atomic mass is 16.5. The first kappa shape index (κ1) is 15.1. The van der Waals surface area contributed by atoms with Gasteiger partial charge in [-0.3, -0.25) is 4.90 Å². The molecule has 4 heteroatoms. The van der Waals surface area contributed by atoms with Crippen molar-refractivity contribution in [1.82, 2.24) is 10.2 Å². The Kier molecular flexibility index (Phi) is 5.68. The van der Waals surface area contributed by atoms with Crippen LogP contribution in [0.1, 0.15) is 32.3 Å². The predicted molar refractivity (Wildman–Crippen MR) is 81.3 cm³/mol. The number of aromatic hydroxyl groups is 1. The molecule has 112 valence electrons. The molecule has 20 heavy (non-hydrogen) atoms. The number of rotatable bonds is 7. The van der Waals surface area contributed by atoms with Gasteiger partial charge in [-0.2, -0.15) is 0 Å². The van der Waals surface area contributed by atoms with E-state index in [1.807, 2.05) is 19.1 Å². The molecule has 2 N–H and O–H groups in total. The monoisotopic (exact) mass is 278 g/mol. The summed E-state index contributed by atoms with van der Waals surface area (Å²) >= 11 is 0. The van der Waals surface area contributed by atoms with Gasteiger partial charge in [0.1, 0.15) is 0 Å². The average Bonchev–Trinajstić information content (AvgIpc) is 2.97. The van der Waals surface area contributed by atoms with Crippen LogP contribution in [0.15, 0.2) is 18.2 Å². The zero-order valence-electron chi connectivity index (χ0n) is 12.6. The van der Waals surface area contributed by atoms with E-state index < -0.39 is 0 Å². The molecule has 0 amide bonds. The van der Waals surface area contributed by atoms with Gasteiger partial charge in [-0.15, -0.1) is 0 Å². The number of phenols is 1. The number of hydrogen-bond acceptors (Lipinski definition) is 4. The molecule has 1 aromatic rings. The van der Waals surface area contributed by atoms with E-state index in [1.165, 1.54) is 25.9 Å². The highest BCUT2D eigenvalue weighted by molar-refractivity contribution is 5.45. The van der Waals surface area contributed by atoms with Crippen LogP contribution in [0.5, 0.6) is 11.5 Å². The number of ether oxygens (including phenoxy) is 1. The van der Waals surface area contributed by atoms with Gasteiger partial charge in [0.25, 0.3) is 0 Å². The number of phenolic OH excluding ortho intramolecular Hbond substituents is 1. The van der Waals surface area contributed by atoms with Crippen molar-refractivity contribution in [1.29, 1.82) is 0 Å². The van der Waals surface area contributed by atoms with Crippen molar-refractivity contribution in [3.05, 3.63) is 23.8 Å². The largest absolute Gasteiger partial charge is 0.504 e. The van der Waals surface area contributed by atoms with Crippen molar-refractivity contribution in [2.75, 3.05) is 26.2 Å². The van der Waals surface area contributed by atoms with Gasteiger partial charge in [0, 0.05) is 24.7 Å².